The first kappa shape index (κ1) is 13.6. The van der Waals surface area contributed by atoms with Crippen LogP contribution in [0.2, 0.25) is 0 Å². The highest BCUT2D eigenvalue weighted by molar-refractivity contribution is 4.95. The molecule has 0 aromatic carbocycles. The van der Waals surface area contributed by atoms with Crippen LogP contribution in [0.4, 0.5) is 0 Å². The third-order valence-corrected chi connectivity index (χ3v) is 4.28. The van der Waals surface area contributed by atoms with Gasteiger partial charge in [0, 0.05) is 30.5 Å². The molecular weight excluding hydrogens is 224 g/mol. The van der Waals surface area contributed by atoms with Crippen LogP contribution >= 0.6 is 0 Å². The molecule has 1 aromatic rings. The number of aromatic nitrogens is 2. The molecule has 0 amide bonds. The van der Waals surface area contributed by atoms with Crippen LogP contribution in [0.5, 0.6) is 0 Å². The zero-order valence-corrected chi connectivity index (χ0v) is 11.9. The Balaban J connectivity index is 1.82. The van der Waals surface area contributed by atoms with Gasteiger partial charge in [-0.2, -0.15) is 5.10 Å². The first-order valence-corrected chi connectivity index (χ1v) is 7.01. The summed E-state index contributed by atoms with van der Waals surface area (Å²) in [6, 6.07) is 2.44. The molecule has 1 saturated carbocycles. The first-order chi connectivity index (χ1) is 8.62. The van der Waals surface area contributed by atoms with Crippen LogP contribution < -0.4 is 5.32 Å². The lowest BCUT2D eigenvalue weighted by atomic mass is 9.95. The van der Waals surface area contributed by atoms with Gasteiger partial charge in [0.05, 0.1) is 6.54 Å². The number of nitrogens with one attached hydrogen (secondary N) is 1. The van der Waals surface area contributed by atoms with Gasteiger partial charge in [0.1, 0.15) is 0 Å². The number of likely N-dealkylation sites (N-methyl/N-ethyl adjacent to an activating group) is 1. The second-order valence-electron chi connectivity index (χ2n) is 5.84. The molecule has 1 aliphatic carbocycles. The average molecular weight is 250 g/mol. The Morgan fingerprint density at radius 3 is 2.67 bits per heavy atom. The molecule has 2 rings (SSSR count). The van der Waals surface area contributed by atoms with Crippen LogP contribution in [0.3, 0.4) is 0 Å². The lowest BCUT2D eigenvalue weighted by Gasteiger charge is -2.37. The van der Waals surface area contributed by atoms with Crippen LogP contribution in [0.15, 0.2) is 18.5 Å². The van der Waals surface area contributed by atoms with E-state index in [2.05, 4.69) is 36.3 Å². The highest BCUT2D eigenvalue weighted by Gasteiger charge is 2.35. The van der Waals surface area contributed by atoms with Gasteiger partial charge < -0.3 is 10.2 Å². The van der Waals surface area contributed by atoms with Crippen molar-refractivity contribution < 1.29 is 0 Å². The van der Waals surface area contributed by atoms with E-state index < -0.39 is 0 Å². The summed E-state index contributed by atoms with van der Waals surface area (Å²) >= 11 is 0. The minimum atomic E-state index is 0.373. The van der Waals surface area contributed by atoms with Gasteiger partial charge >= 0.3 is 0 Å². The van der Waals surface area contributed by atoms with E-state index in [-0.39, 0.29) is 0 Å². The highest BCUT2D eigenvalue weighted by atomic mass is 15.3. The van der Waals surface area contributed by atoms with Gasteiger partial charge in [0.2, 0.25) is 0 Å². The smallest absolute Gasteiger partial charge is 0.0559 e. The minimum Gasteiger partial charge on any atom is -0.311 e. The maximum atomic E-state index is 4.25. The molecule has 0 saturated heterocycles. The van der Waals surface area contributed by atoms with Crippen molar-refractivity contribution in [2.75, 3.05) is 20.6 Å². The normalized spacial score (nSPS) is 20.4. The Bertz CT molecular complexity index is 339. The van der Waals surface area contributed by atoms with Crippen molar-refractivity contribution in [3.05, 3.63) is 18.5 Å². The lowest BCUT2D eigenvalue weighted by Crippen LogP contribution is -2.51. The Hall–Kier alpha value is -0.870. The highest BCUT2D eigenvalue weighted by Crippen LogP contribution is 2.33. The Morgan fingerprint density at radius 2 is 2.11 bits per heavy atom. The second-order valence-corrected chi connectivity index (χ2v) is 5.84. The van der Waals surface area contributed by atoms with E-state index in [0.29, 0.717) is 11.6 Å². The molecule has 102 valence electrons. The zero-order chi connectivity index (χ0) is 13.0. The summed E-state index contributed by atoms with van der Waals surface area (Å²) in [5.74, 6) is 0. The molecule has 4 nitrogen and oxygen atoms in total. The summed E-state index contributed by atoms with van der Waals surface area (Å²) in [5, 5.41) is 7.94. The summed E-state index contributed by atoms with van der Waals surface area (Å²) in [6.07, 6.45) is 9.24. The minimum absolute atomic E-state index is 0.373. The molecule has 0 radical (unpaired) electrons. The molecular formula is C14H26N4. The van der Waals surface area contributed by atoms with E-state index in [1.165, 1.54) is 25.7 Å². The molecule has 1 aliphatic rings. The van der Waals surface area contributed by atoms with Crippen LogP contribution in [-0.4, -0.2) is 46.9 Å². The zero-order valence-electron chi connectivity index (χ0n) is 11.9. The summed E-state index contributed by atoms with van der Waals surface area (Å²) in [7, 11) is 4.43. The third-order valence-electron chi connectivity index (χ3n) is 4.28. The average Bonchev–Trinajstić information content (AvgIpc) is 2.97. The monoisotopic (exact) mass is 250 g/mol. The fourth-order valence-electron chi connectivity index (χ4n) is 2.93. The van der Waals surface area contributed by atoms with Gasteiger partial charge in [-0.05, 0) is 39.9 Å². The van der Waals surface area contributed by atoms with Crippen molar-refractivity contribution in [1.29, 1.82) is 0 Å². The predicted molar refractivity (Wildman–Crippen MR) is 74.6 cm³/mol. The lowest BCUT2D eigenvalue weighted by molar-refractivity contribution is 0.148. The van der Waals surface area contributed by atoms with E-state index in [4.69, 9.17) is 0 Å². The van der Waals surface area contributed by atoms with Crippen LogP contribution in [0, 0.1) is 0 Å². The van der Waals surface area contributed by atoms with Crippen LogP contribution in [0.25, 0.3) is 0 Å². The van der Waals surface area contributed by atoms with Crippen molar-refractivity contribution in [1.82, 2.24) is 20.0 Å². The fourth-order valence-corrected chi connectivity index (χ4v) is 2.93. The molecule has 1 atom stereocenters. The van der Waals surface area contributed by atoms with Gasteiger partial charge in [-0.15, -0.1) is 0 Å². The van der Waals surface area contributed by atoms with Crippen molar-refractivity contribution in [2.24, 2.45) is 0 Å². The maximum Gasteiger partial charge on any atom is 0.0559 e. The molecule has 0 spiro atoms. The summed E-state index contributed by atoms with van der Waals surface area (Å²) < 4.78 is 1.99. The van der Waals surface area contributed by atoms with Crippen LogP contribution in [-0.2, 0) is 6.54 Å². The molecule has 1 N–H and O–H groups in total. The van der Waals surface area contributed by atoms with Gasteiger partial charge in [0.15, 0.2) is 0 Å². The fraction of sp³-hybridized carbons (Fsp3) is 0.786. The summed E-state index contributed by atoms with van der Waals surface area (Å²) in [5.41, 5.74) is 0.373. The third kappa shape index (κ3) is 3.12. The molecule has 1 fully saturated rings. The van der Waals surface area contributed by atoms with Crippen molar-refractivity contribution in [3.63, 3.8) is 0 Å². The SMILES string of the molecule is C[C@H](Cn1cccn1)NCC1(N(C)C)CCCC1. The topological polar surface area (TPSA) is 33.1 Å². The van der Waals surface area contributed by atoms with E-state index in [0.717, 1.165) is 13.1 Å². The maximum absolute atomic E-state index is 4.25. The Morgan fingerprint density at radius 1 is 1.39 bits per heavy atom. The van der Waals surface area contributed by atoms with Crippen molar-refractivity contribution in [3.8, 4) is 0 Å². The predicted octanol–water partition coefficient (Wildman–Crippen LogP) is 1.74. The van der Waals surface area contributed by atoms with E-state index in [1.54, 1.807) is 0 Å². The number of nitrogens with zero attached hydrogens (tertiary/aromatic N) is 3. The molecule has 1 aromatic heterocycles. The molecule has 1 heterocycles. The Labute approximate surface area is 110 Å². The summed E-state index contributed by atoms with van der Waals surface area (Å²) in [6.45, 7) is 4.26. The number of hydrogen-bond donors (Lipinski definition) is 1. The molecule has 0 aliphatic heterocycles. The first-order valence-electron chi connectivity index (χ1n) is 7.01. The quantitative estimate of drug-likeness (QED) is 0.835. The van der Waals surface area contributed by atoms with Gasteiger partial charge in [-0.1, -0.05) is 12.8 Å². The molecule has 18 heavy (non-hydrogen) atoms. The van der Waals surface area contributed by atoms with E-state index in [1.807, 2.05) is 23.1 Å². The van der Waals surface area contributed by atoms with Gasteiger partial charge in [0.25, 0.3) is 0 Å². The largest absolute Gasteiger partial charge is 0.311 e. The van der Waals surface area contributed by atoms with Gasteiger partial charge in [-0.3, -0.25) is 4.68 Å². The number of hydrogen-bond acceptors (Lipinski definition) is 3. The molecule has 0 unspecified atom stereocenters. The second kappa shape index (κ2) is 5.85. The van der Waals surface area contributed by atoms with Crippen molar-refractivity contribution >= 4 is 0 Å². The molecule has 0 bridgehead atoms. The Kier molecular flexibility index (Phi) is 4.40. The van der Waals surface area contributed by atoms with Crippen molar-refractivity contribution in [2.45, 2.75) is 50.7 Å². The van der Waals surface area contributed by atoms with E-state index >= 15 is 0 Å². The van der Waals surface area contributed by atoms with Crippen LogP contribution in [0.1, 0.15) is 32.6 Å². The number of rotatable bonds is 6. The van der Waals surface area contributed by atoms with Gasteiger partial charge in [-0.25, -0.2) is 0 Å². The van der Waals surface area contributed by atoms with E-state index in [9.17, 15) is 0 Å². The molecule has 4 heteroatoms. The standard InChI is InChI=1S/C14H26N4/c1-13(11-18-10-6-9-16-18)15-12-14(17(2)3)7-4-5-8-14/h6,9-10,13,15H,4-5,7-8,11-12H2,1-3H3/t13-/m1/s1. The summed E-state index contributed by atoms with van der Waals surface area (Å²) in [4.78, 5) is 2.41.